The van der Waals surface area contributed by atoms with Gasteiger partial charge in [0.05, 0.1) is 4.90 Å². The number of rotatable bonds is 6. The van der Waals surface area contributed by atoms with Crippen molar-refractivity contribution in [2.24, 2.45) is 11.8 Å². The maximum absolute atomic E-state index is 12.9. The van der Waals surface area contributed by atoms with Crippen LogP contribution >= 0.6 is 11.3 Å². The number of piperidine rings is 1. The molecule has 0 radical (unpaired) electrons. The number of sulfonamides is 1. The Balaban J connectivity index is 1.61. The van der Waals surface area contributed by atoms with E-state index >= 15 is 0 Å². The van der Waals surface area contributed by atoms with E-state index in [1.807, 2.05) is 17.5 Å². The first-order valence-corrected chi connectivity index (χ1v) is 11.6. The molecule has 1 aromatic heterocycles. The molecule has 0 unspecified atom stereocenters. The number of thiophene rings is 1. The maximum Gasteiger partial charge on any atom is 0.243 e. The number of benzene rings is 1. The number of aryl methyl sites for hydroxylation is 1. The van der Waals surface area contributed by atoms with Crippen LogP contribution in [0.3, 0.4) is 0 Å². The van der Waals surface area contributed by atoms with Crippen molar-refractivity contribution >= 4 is 33.0 Å². The Morgan fingerprint density at radius 3 is 2.41 bits per heavy atom. The highest BCUT2D eigenvalue weighted by atomic mass is 32.2. The second-order valence-electron chi connectivity index (χ2n) is 7.42. The molecule has 1 N–H and O–H groups in total. The first-order chi connectivity index (χ1) is 12.8. The Morgan fingerprint density at radius 1 is 1.15 bits per heavy atom. The number of carbonyl (C=O) groups excluding carboxylic acids is 1. The van der Waals surface area contributed by atoms with Gasteiger partial charge >= 0.3 is 0 Å². The van der Waals surface area contributed by atoms with Crippen molar-refractivity contribution in [1.29, 1.82) is 0 Å². The second-order valence-corrected chi connectivity index (χ2v) is 10.4. The van der Waals surface area contributed by atoms with E-state index in [4.69, 9.17) is 0 Å². The van der Waals surface area contributed by atoms with Crippen molar-refractivity contribution in [1.82, 2.24) is 4.31 Å². The number of hydrogen-bond donors (Lipinski definition) is 1. The fourth-order valence-corrected chi connectivity index (χ4v) is 5.96. The first-order valence-electron chi connectivity index (χ1n) is 9.27. The van der Waals surface area contributed by atoms with Crippen LogP contribution in [-0.4, -0.2) is 31.7 Å². The average Bonchev–Trinajstić information content (AvgIpc) is 3.13. The molecule has 7 heteroatoms. The Labute approximate surface area is 165 Å². The molecule has 2 heterocycles. The third-order valence-corrected chi connectivity index (χ3v) is 7.57. The van der Waals surface area contributed by atoms with Crippen LogP contribution in [0.4, 0.5) is 5.69 Å². The smallest absolute Gasteiger partial charge is 0.243 e. The van der Waals surface area contributed by atoms with Crippen molar-refractivity contribution in [3.8, 4) is 0 Å². The number of nitrogens with one attached hydrogen (secondary N) is 1. The highest BCUT2D eigenvalue weighted by Gasteiger charge is 2.31. The van der Waals surface area contributed by atoms with Gasteiger partial charge < -0.3 is 5.32 Å². The largest absolute Gasteiger partial charge is 0.326 e. The molecule has 3 rings (SSSR count). The molecular weight excluding hydrogens is 380 g/mol. The van der Waals surface area contributed by atoms with Crippen LogP contribution in [0, 0.1) is 11.8 Å². The molecule has 27 heavy (non-hydrogen) atoms. The van der Waals surface area contributed by atoms with Gasteiger partial charge in [-0.1, -0.05) is 19.9 Å². The minimum atomic E-state index is -3.49. The van der Waals surface area contributed by atoms with Crippen LogP contribution in [0.1, 0.15) is 31.6 Å². The maximum atomic E-state index is 12.9. The summed E-state index contributed by atoms with van der Waals surface area (Å²) in [5, 5.41) is 4.83. The molecule has 1 saturated heterocycles. The average molecular weight is 407 g/mol. The Morgan fingerprint density at radius 2 is 1.81 bits per heavy atom. The van der Waals surface area contributed by atoms with Gasteiger partial charge in [0.15, 0.2) is 0 Å². The van der Waals surface area contributed by atoms with E-state index in [1.165, 1.54) is 4.88 Å². The predicted molar refractivity (Wildman–Crippen MR) is 109 cm³/mol. The fraction of sp³-hybridized carbons (Fsp3) is 0.450. The monoisotopic (exact) mass is 406 g/mol. The Kier molecular flexibility index (Phi) is 6.34. The third kappa shape index (κ3) is 5.18. The molecule has 2 atom stereocenters. The van der Waals surface area contributed by atoms with Crippen LogP contribution in [0.5, 0.6) is 0 Å². The van der Waals surface area contributed by atoms with Gasteiger partial charge in [-0.15, -0.1) is 11.3 Å². The summed E-state index contributed by atoms with van der Waals surface area (Å²) in [6, 6.07) is 10.5. The number of nitrogens with zero attached hydrogens (tertiary/aromatic N) is 1. The molecule has 1 aliphatic rings. The van der Waals surface area contributed by atoms with Crippen LogP contribution in [0.25, 0.3) is 0 Å². The zero-order valence-electron chi connectivity index (χ0n) is 15.7. The summed E-state index contributed by atoms with van der Waals surface area (Å²) in [7, 11) is -3.49. The summed E-state index contributed by atoms with van der Waals surface area (Å²) in [6.07, 6.45) is 2.17. The third-order valence-electron chi connectivity index (χ3n) is 4.79. The molecule has 2 aromatic rings. The molecule has 1 aliphatic heterocycles. The van der Waals surface area contributed by atoms with Crippen molar-refractivity contribution in [2.75, 3.05) is 18.4 Å². The molecule has 1 aromatic carbocycles. The Bertz CT molecular complexity index is 851. The molecule has 0 spiro atoms. The standard InChI is InChI=1S/C20H26N2O3S2/c1-15-12-16(2)14-22(13-15)27(24,25)19-8-5-17(6-9-19)21-20(23)10-7-18-4-3-11-26-18/h3-6,8-9,11,15-16H,7,10,12-14H2,1-2H3,(H,21,23)/t15-,16-/m1/s1. The van der Waals surface area contributed by atoms with Crippen molar-refractivity contribution < 1.29 is 13.2 Å². The van der Waals surface area contributed by atoms with E-state index in [0.717, 1.165) is 6.42 Å². The number of amides is 1. The van der Waals surface area contributed by atoms with Gasteiger partial charge in [-0.05, 0) is 60.4 Å². The Hall–Kier alpha value is -1.70. The van der Waals surface area contributed by atoms with E-state index in [-0.39, 0.29) is 10.8 Å². The first kappa shape index (κ1) is 20.0. The van der Waals surface area contributed by atoms with Crippen molar-refractivity contribution in [3.63, 3.8) is 0 Å². The van der Waals surface area contributed by atoms with Gasteiger partial charge in [-0.3, -0.25) is 4.79 Å². The van der Waals surface area contributed by atoms with Gasteiger partial charge in [0.25, 0.3) is 0 Å². The van der Waals surface area contributed by atoms with Crippen molar-refractivity contribution in [2.45, 2.75) is 38.0 Å². The van der Waals surface area contributed by atoms with E-state index in [1.54, 1.807) is 39.9 Å². The topological polar surface area (TPSA) is 66.5 Å². The van der Waals surface area contributed by atoms with Crippen LogP contribution in [0.2, 0.25) is 0 Å². The number of carbonyl (C=O) groups is 1. The normalized spacial score (nSPS) is 21.1. The van der Waals surface area contributed by atoms with Crippen LogP contribution < -0.4 is 5.32 Å². The lowest BCUT2D eigenvalue weighted by Crippen LogP contribution is -2.42. The minimum absolute atomic E-state index is 0.0716. The van der Waals surface area contributed by atoms with E-state index in [2.05, 4.69) is 19.2 Å². The van der Waals surface area contributed by atoms with Gasteiger partial charge in [0.2, 0.25) is 15.9 Å². The molecule has 0 bridgehead atoms. The molecule has 5 nitrogen and oxygen atoms in total. The fourth-order valence-electron chi connectivity index (χ4n) is 3.58. The summed E-state index contributed by atoms with van der Waals surface area (Å²) in [6.45, 7) is 5.31. The highest BCUT2D eigenvalue weighted by molar-refractivity contribution is 7.89. The molecule has 146 valence electrons. The number of hydrogen-bond acceptors (Lipinski definition) is 4. The quantitative estimate of drug-likeness (QED) is 0.789. The zero-order valence-corrected chi connectivity index (χ0v) is 17.4. The van der Waals surface area contributed by atoms with Crippen molar-refractivity contribution in [3.05, 3.63) is 46.7 Å². The minimum Gasteiger partial charge on any atom is -0.326 e. The van der Waals surface area contributed by atoms with E-state index in [0.29, 0.717) is 43.5 Å². The van der Waals surface area contributed by atoms with Gasteiger partial charge in [0, 0.05) is 30.1 Å². The summed E-state index contributed by atoms with van der Waals surface area (Å²) < 4.78 is 27.4. The van der Waals surface area contributed by atoms with E-state index in [9.17, 15) is 13.2 Å². The SMILES string of the molecule is C[C@@H]1C[C@@H](C)CN(S(=O)(=O)c2ccc(NC(=O)CCc3cccs3)cc2)C1. The molecule has 1 fully saturated rings. The van der Waals surface area contributed by atoms with Gasteiger partial charge in [0.1, 0.15) is 0 Å². The van der Waals surface area contributed by atoms with E-state index < -0.39 is 10.0 Å². The summed E-state index contributed by atoms with van der Waals surface area (Å²) >= 11 is 1.64. The molecular formula is C20H26N2O3S2. The molecule has 0 aliphatic carbocycles. The van der Waals surface area contributed by atoms with Gasteiger partial charge in [-0.2, -0.15) is 4.31 Å². The zero-order chi connectivity index (χ0) is 19.4. The summed E-state index contributed by atoms with van der Waals surface area (Å²) in [5.74, 6) is 0.661. The predicted octanol–water partition coefficient (Wildman–Crippen LogP) is 3.99. The summed E-state index contributed by atoms with van der Waals surface area (Å²) in [5.41, 5.74) is 0.616. The second kappa shape index (κ2) is 8.54. The van der Waals surface area contributed by atoms with Crippen LogP contribution in [-0.2, 0) is 21.2 Å². The lowest BCUT2D eigenvalue weighted by molar-refractivity contribution is -0.116. The lowest BCUT2D eigenvalue weighted by atomic mass is 9.94. The van der Waals surface area contributed by atoms with Gasteiger partial charge in [-0.25, -0.2) is 8.42 Å². The van der Waals surface area contributed by atoms with Crippen LogP contribution in [0.15, 0.2) is 46.7 Å². The highest BCUT2D eigenvalue weighted by Crippen LogP contribution is 2.27. The lowest BCUT2D eigenvalue weighted by Gasteiger charge is -2.34. The number of anilines is 1. The molecule has 1 amide bonds. The summed E-state index contributed by atoms with van der Waals surface area (Å²) in [4.78, 5) is 13.5. The molecule has 0 saturated carbocycles.